The lowest BCUT2D eigenvalue weighted by molar-refractivity contribution is 0.595. The minimum atomic E-state index is -2.94. The van der Waals surface area contributed by atoms with E-state index < -0.39 is 9.84 Å². The average molecular weight is 531 g/mol. The summed E-state index contributed by atoms with van der Waals surface area (Å²) in [6.45, 7) is 2.59. The second-order valence-corrected chi connectivity index (χ2v) is 11.4. The molecule has 0 bridgehead atoms. The summed E-state index contributed by atoms with van der Waals surface area (Å²) in [5.74, 6) is 1.56. The molecule has 0 aliphatic heterocycles. The summed E-state index contributed by atoms with van der Waals surface area (Å²) < 4.78 is 24.4. The first-order chi connectivity index (χ1) is 18.4. The van der Waals surface area contributed by atoms with Gasteiger partial charge >= 0.3 is 0 Å². The molecule has 5 aromatic rings. The van der Waals surface area contributed by atoms with Gasteiger partial charge in [0.15, 0.2) is 0 Å². The lowest BCUT2D eigenvalue weighted by Gasteiger charge is -2.11. The van der Waals surface area contributed by atoms with E-state index in [0.29, 0.717) is 25.5 Å². The zero-order valence-corrected chi connectivity index (χ0v) is 21.9. The molecule has 10 nitrogen and oxygen atoms in total. The van der Waals surface area contributed by atoms with Gasteiger partial charge in [0.1, 0.15) is 27.8 Å². The molecule has 0 fully saturated rings. The van der Waals surface area contributed by atoms with Gasteiger partial charge in [-0.25, -0.2) is 23.4 Å². The fourth-order valence-electron chi connectivity index (χ4n) is 4.15. The van der Waals surface area contributed by atoms with Gasteiger partial charge in [-0.15, -0.1) is 0 Å². The summed E-state index contributed by atoms with van der Waals surface area (Å²) >= 11 is 0. The lowest BCUT2D eigenvalue weighted by atomic mass is 10.2. The monoisotopic (exact) mass is 530 g/mol. The van der Waals surface area contributed by atoms with Crippen molar-refractivity contribution in [2.24, 2.45) is 0 Å². The van der Waals surface area contributed by atoms with Crippen LogP contribution >= 0.6 is 0 Å². The first-order valence-corrected chi connectivity index (χ1v) is 14.5. The second-order valence-electron chi connectivity index (χ2n) is 9.16. The summed E-state index contributed by atoms with van der Waals surface area (Å²) in [5, 5.41) is 16.4. The highest BCUT2D eigenvalue weighted by atomic mass is 32.2. The van der Waals surface area contributed by atoms with Crippen LogP contribution in [0.2, 0.25) is 0 Å². The molecular weight excluding hydrogens is 500 g/mol. The molecule has 0 atom stereocenters. The summed E-state index contributed by atoms with van der Waals surface area (Å²) in [7, 11) is -2.94. The van der Waals surface area contributed by atoms with Gasteiger partial charge in [-0.2, -0.15) is 5.10 Å². The molecule has 0 saturated heterocycles. The number of aromatic nitrogens is 5. The fourth-order valence-corrected chi connectivity index (χ4v) is 4.67. The summed E-state index contributed by atoms with van der Waals surface area (Å²) in [6, 6.07) is 18.4. The summed E-state index contributed by atoms with van der Waals surface area (Å²) in [5.41, 5.74) is 3.91. The van der Waals surface area contributed by atoms with Gasteiger partial charge < -0.3 is 16.0 Å². The zero-order chi connectivity index (χ0) is 26.4. The van der Waals surface area contributed by atoms with Crippen molar-refractivity contribution < 1.29 is 8.42 Å². The number of hydrogen-bond donors (Lipinski definition) is 3. The molecule has 38 heavy (non-hydrogen) atoms. The van der Waals surface area contributed by atoms with Crippen LogP contribution in [0.15, 0.2) is 73.3 Å². The Balaban J connectivity index is 1.24. The molecular formula is C27H30N8O2S. The van der Waals surface area contributed by atoms with Crippen molar-refractivity contribution in [3.63, 3.8) is 0 Å². The Kier molecular flexibility index (Phi) is 7.75. The van der Waals surface area contributed by atoms with Crippen molar-refractivity contribution in [2.45, 2.75) is 13.0 Å². The molecule has 0 amide bonds. The van der Waals surface area contributed by atoms with Gasteiger partial charge in [0, 0.05) is 35.8 Å². The fraction of sp³-hybridized carbons (Fsp3) is 0.259. The Labute approximate surface area is 221 Å². The van der Waals surface area contributed by atoms with Crippen LogP contribution in [-0.4, -0.2) is 64.8 Å². The van der Waals surface area contributed by atoms with Crippen LogP contribution in [0.3, 0.4) is 0 Å². The zero-order valence-electron chi connectivity index (χ0n) is 21.1. The van der Waals surface area contributed by atoms with E-state index in [0.717, 1.165) is 46.3 Å². The van der Waals surface area contributed by atoms with E-state index in [9.17, 15) is 8.42 Å². The highest BCUT2D eigenvalue weighted by Gasteiger charge is 2.09. The first-order valence-electron chi connectivity index (χ1n) is 12.4. The predicted molar refractivity (Wildman–Crippen MR) is 152 cm³/mol. The third kappa shape index (κ3) is 6.61. The number of anilines is 3. The van der Waals surface area contributed by atoms with Crippen LogP contribution in [-0.2, 0) is 16.4 Å². The number of fused-ring (bicyclic) bond motifs is 2. The van der Waals surface area contributed by atoms with Gasteiger partial charge in [-0.3, -0.25) is 4.68 Å². The molecule has 0 spiro atoms. The summed E-state index contributed by atoms with van der Waals surface area (Å²) in [4.78, 5) is 13.3. The molecule has 5 rings (SSSR count). The SMILES string of the molecule is CS(=O)(=O)CCNCCCNc1cc2c(Nc3ccc4c(cnn4Cc4ccccc4)c3)ncnc2cn1. The largest absolute Gasteiger partial charge is 0.370 e. The average Bonchev–Trinajstić information content (AvgIpc) is 3.30. The van der Waals surface area contributed by atoms with Crippen LogP contribution in [0.5, 0.6) is 0 Å². The molecule has 0 radical (unpaired) electrons. The highest BCUT2D eigenvalue weighted by molar-refractivity contribution is 7.90. The van der Waals surface area contributed by atoms with E-state index >= 15 is 0 Å². The van der Waals surface area contributed by atoms with Gasteiger partial charge in [0.05, 0.1) is 35.7 Å². The van der Waals surface area contributed by atoms with Gasteiger partial charge in [-0.1, -0.05) is 30.3 Å². The topological polar surface area (TPSA) is 127 Å². The van der Waals surface area contributed by atoms with Crippen LogP contribution in [0.1, 0.15) is 12.0 Å². The highest BCUT2D eigenvalue weighted by Crippen LogP contribution is 2.27. The molecule has 2 aromatic carbocycles. The number of benzene rings is 2. The van der Waals surface area contributed by atoms with Crippen molar-refractivity contribution in [1.82, 2.24) is 30.0 Å². The van der Waals surface area contributed by atoms with Crippen LogP contribution in [0, 0.1) is 0 Å². The Morgan fingerprint density at radius 3 is 2.63 bits per heavy atom. The number of nitrogens with one attached hydrogen (secondary N) is 3. The first kappa shape index (κ1) is 25.6. The van der Waals surface area contributed by atoms with E-state index in [1.54, 1.807) is 6.20 Å². The molecule has 3 heterocycles. The number of pyridine rings is 1. The minimum absolute atomic E-state index is 0.144. The molecule has 11 heteroatoms. The molecule has 196 valence electrons. The number of sulfone groups is 1. The maximum absolute atomic E-state index is 11.2. The van der Waals surface area contributed by atoms with Gasteiger partial charge in [-0.05, 0) is 42.8 Å². The van der Waals surface area contributed by atoms with E-state index in [2.05, 4.69) is 60.3 Å². The normalized spacial score (nSPS) is 11.7. The Morgan fingerprint density at radius 1 is 0.921 bits per heavy atom. The van der Waals surface area contributed by atoms with Gasteiger partial charge in [0.2, 0.25) is 0 Å². The van der Waals surface area contributed by atoms with Crippen molar-refractivity contribution in [3.8, 4) is 0 Å². The standard InChI is InChI=1S/C27H30N8O2S/c1-38(36,37)13-12-28-10-5-11-29-26-15-23-24(17-30-26)31-19-32-27(23)34-22-8-9-25-21(14-22)16-33-35(25)18-20-6-3-2-4-7-20/h2-4,6-9,14-17,19,28H,5,10-13,18H2,1H3,(H,29,30)(H,31,32,34). The van der Waals surface area contributed by atoms with Crippen molar-refractivity contribution in [3.05, 3.63) is 78.9 Å². The van der Waals surface area contributed by atoms with Crippen molar-refractivity contribution in [1.29, 1.82) is 0 Å². The predicted octanol–water partition coefficient (Wildman–Crippen LogP) is 3.60. The van der Waals surface area contributed by atoms with E-state index in [-0.39, 0.29) is 5.75 Å². The van der Waals surface area contributed by atoms with Crippen molar-refractivity contribution in [2.75, 3.05) is 42.3 Å². The minimum Gasteiger partial charge on any atom is -0.370 e. The van der Waals surface area contributed by atoms with Crippen LogP contribution in [0.4, 0.5) is 17.3 Å². The Morgan fingerprint density at radius 2 is 1.79 bits per heavy atom. The molecule has 3 N–H and O–H groups in total. The van der Waals surface area contributed by atoms with Gasteiger partial charge in [0.25, 0.3) is 0 Å². The summed E-state index contributed by atoms with van der Waals surface area (Å²) in [6.07, 6.45) is 7.21. The number of nitrogens with zero attached hydrogens (tertiary/aromatic N) is 5. The number of rotatable bonds is 12. The van der Waals surface area contributed by atoms with E-state index in [1.807, 2.05) is 41.2 Å². The van der Waals surface area contributed by atoms with E-state index in [4.69, 9.17) is 0 Å². The molecule has 0 aliphatic rings. The second kappa shape index (κ2) is 11.5. The lowest BCUT2D eigenvalue weighted by Crippen LogP contribution is -2.24. The van der Waals surface area contributed by atoms with Crippen LogP contribution in [0.25, 0.3) is 21.8 Å². The maximum atomic E-state index is 11.2. The maximum Gasteiger partial charge on any atom is 0.148 e. The molecule has 0 aliphatic carbocycles. The van der Waals surface area contributed by atoms with E-state index in [1.165, 1.54) is 18.1 Å². The Bertz CT molecular complexity index is 1640. The van der Waals surface area contributed by atoms with Crippen molar-refractivity contribution >= 4 is 49.0 Å². The molecule has 0 unspecified atom stereocenters. The smallest absolute Gasteiger partial charge is 0.148 e. The third-order valence-electron chi connectivity index (χ3n) is 6.09. The van der Waals surface area contributed by atoms with Crippen LogP contribution < -0.4 is 16.0 Å². The third-order valence-corrected chi connectivity index (χ3v) is 7.03. The Hall–Kier alpha value is -4.09. The quantitative estimate of drug-likeness (QED) is 0.207. The number of hydrogen-bond acceptors (Lipinski definition) is 9. The molecule has 3 aromatic heterocycles. The molecule has 0 saturated carbocycles.